The van der Waals surface area contributed by atoms with Crippen molar-refractivity contribution in [3.05, 3.63) is 64.5 Å². The fourth-order valence-electron chi connectivity index (χ4n) is 2.66. The van der Waals surface area contributed by atoms with Crippen LogP contribution in [0.25, 0.3) is 11.4 Å². The second kappa shape index (κ2) is 8.89. The van der Waals surface area contributed by atoms with Crippen LogP contribution in [-0.4, -0.2) is 22.2 Å². The smallest absolute Gasteiger partial charge is 0.261 e. The standard InChI is InChI=1S/C21H22ClN3O3/c1-4-17(27-18-11-13(2)9-10-14(18)3)21(26)23-12-19-24-20(25-28-19)15-7-5-6-8-16(15)22/h5-11,17H,4,12H2,1-3H3,(H,23,26). The number of aryl methyl sites for hydroxylation is 2. The molecule has 6 nitrogen and oxygen atoms in total. The van der Waals surface area contributed by atoms with Gasteiger partial charge >= 0.3 is 0 Å². The van der Waals surface area contributed by atoms with E-state index in [0.717, 1.165) is 11.1 Å². The van der Waals surface area contributed by atoms with Crippen molar-refractivity contribution in [3.8, 4) is 17.1 Å². The summed E-state index contributed by atoms with van der Waals surface area (Å²) >= 11 is 6.15. The summed E-state index contributed by atoms with van der Waals surface area (Å²) in [5.41, 5.74) is 2.74. The summed E-state index contributed by atoms with van der Waals surface area (Å²) in [7, 11) is 0. The zero-order valence-corrected chi connectivity index (χ0v) is 16.8. The first kappa shape index (κ1) is 19.9. The Kier molecular flexibility index (Phi) is 6.31. The molecule has 3 aromatic rings. The Bertz CT molecular complexity index is 971. The SMILES string of the molecule is CCC(Oc1cc(C)ccc1C)C(=O)NCc1nc(-c2ccccc2Cl)no1. The molecule has 0 aliphatic carbocycles. The van der Waals surface area contributed by atoms with Crippen molar-refractivity contribution in [2.45, 2.75) is 39.8 Å². The van der Waals surface area contributed by atoms with Crippen molar-refractivity contribution in [1.29, 1.82) is 0 Å². The normalized spacial score (nSPS) is 11.9. The average molecular weight is 400 g/mol. The fraction of sp³-hybridized carbons (Fsp3) is 0.286. The number of carbonyl (C=O) groups is 1. The third kappa shape index (κ3) is 4.70. The number of amides is 1. The van der Waals surface area contributed by atoms with E-state index in [1.807, 2.05) is 51.1 Å². The number of hydrogen-bond donors (Lipinski definition) is 1. The highest BCUT2D eigenvalue weighted by atomic mass is 35.5. The van der Waals surface area contributed by atoms with Gasteiger partial charge < -0.3 is 14.6 Å². The second-order valence-corrected chi connectivity index (χ2v) is 6.90. The van der Waals surface area contributed by atoms with E-state index in [-0.39, 0.29) is 12.5 Å². The Morgan fingerprint density at radius 1 is 1.25 bits per heavy atom. The molecule has 2 aromatic carbocycles. The number of carbonyl (C=O) groups excluding carboxylic acids is 1. The minimum atomic E-state index is -0.605. The molecule has 0 saturated carbocycles. The summed E-state index contributed by atoms with van der Waals surface area (Å²) in [6, 6.07) is 13.1. The van der Waals surface area contributed by atoms with Gasteiger partial charge in [0.1, 0.15) is 5.75 Å². The molecule has 1 atom stereocenters. The van der Waals surface area contributed by atoms with E-state index < -0.39 is 6.10 Å². The van der Waals surface area contributed by atoms with Crippen LogP contribution in [0.3, 0.4) is 0 Å². The molecule has 1 amide bonds. The van der Waals surface area contributed by atoms with Crippen LogP contribution >= 0.6 is 11.6 Å². The van der Waals surface area contributed by atoms with E-state index >= 15 is 0 Å². The number of halogens is 1. The third-order valence-corrected chi connectivity index (χ3v) is 4.60. The molecule has 0 fully saturated rings. The minimum Gasteiger partial charge on any atom is -0.480 e. The van der Waals surface area contributed by atoms with Gasteiger partial charge in [-0.15, -0.1) is 0 Å². The van der Waals surface area contributed by atoms with Gasteiger partial charge in [0.25, 0.3) is 5.91 Å². The van der Waals surface area contributed by atoms with Crippen LogP contribution in [0, 0.1) is 13.8 Å². The number of benzene rings is 2. The Balaban J connectivity index is 1.63. The van der Waals surface area contributed by atoms with Gasteiger partial charge in [-0.1, -0.05) is 47.9 Å². The van der Waals surface area contributed by atoms with E-state index in [1.54, 1.807) is 12.1 Å². The first-order valence-corrected chi connectivity index (χ1v) is 9.44. The van der Waals surface area contributed by atoms with Gasteiger partial charge in [0.15, 0.2) is 6.10 Å². The topological polar surface area (TPSA) is 77.2 Å². The number of ether oxygens (including phenoxy) is 1. The van der Waals surface area contributed by atoms with Crippen LogP contribution in [0.15, 0.2) is 47.0 Å². The van der Waals surface area contributed by atoms with Crippen LogP contribution in [0.1, 0.15) is 30.4 Å². The van der Waals surface area contributed by atoms with E-state index in [9.17, 15) is 4.79 Å². The number of nitrogens with zero attached hydrogens (tertiary/aromatic N) is 2. The van der Waals surface area contributed by atoms with Gasteiger partial charge in [0.05, 0.1) is 11.6 Å². The molecular formula is C21H22ClN3O3. The van der Waals surface area contributed by atoms with Crippen molar-refractivity contribution in [1.82, 2.24) is 15.5 Å². The molecule has 0 spiro atoms. The largest absolute Gasteiger partial charge is 0.480 e. The van der Waals surface area contributed by atoms with Gasteiger partial charge in [-0.25, -0.2) is 0 Å². The minimum absolute atomic E-state index is 0.114. The fourth-order valence-corrected chi connectivity index (χ4v) is 2.89. The summed E-state index contributed by atoms with van der Waals surface area (Å²) in [6.45, 7) is 5.95. The maximum atomic E-state index is 12.5. The lowest BCUT2D eigenvalue weighted by Gasteiger charge is -2.18. The second-order valence-electron chi connectivity index (χ2n) is 6.49. The van der Waals surface area contributed by atoms with Crippen molar-refractivity contribution in [3.63, 3.8) is 0 Å². The lowest BCUT2D eigenvalue weighted by Crippen LogP contribution is -2.37. The monoisotopic (exact) mass is 399 g/mol. The lowest BCUT2D eigenvalue weighted by molar-refractivity contribution is -0.128. The molecule has 0 saturated heterocycles. The van der Waals surface area contributed by atoms with Crippen molar-refractivity contribution in [2.75, 3.05) is 0 Å². The Morgan fingerprint density at radius 3 is 2.79 bits per heavy atom. The molecule has 0 bridgehead atoms. The summed E-state index contributed by atoms with van der Waals surface area (Å²) in [5, 5.41) is 7.25. The van der Waals surface area contributed by atoms with E-state index in [1.165, 1.54) is 0 Å². The van der Waals surface area contributed by atoms with Gasteiger partial charge in [-0.05, 0) is 49.6 Å². The summed E-state index contributed by atoms with van der Waals surface area (Å²) in [4.78, 5) is 16.8. The van der Waals surface area contributed by atoms with Gasteiger partial charge in [0.2, 0.25) is 11.7 Å². The Labute approximate surface area is 168 Å². The van der Waals surface area contributed by atoms with Crippen molar-refractivity contribution >= 4 is 17.5 Å². The van der Waals surface area contributed by atoms with Crippen molar-refractivity contribution < 1.29 is 14.1 Å². The molecule has 146 valence electrons. The number of rotatable bonds is 7. The highest BCUT2D eigenvalue weighted by molar-refractivity contribution is 6.33. The molecule has 7 heteroatoms. The zero-order valence-electron chi connectivity index (χ0n) is 16.0. The summed E-state index contributed by atoms with van der Waals surface area (Å²) < 4.78 is 11.1. The van der Waals surface area contributed by atoms with Crippen LogP contribution in [0.4, 0.5) is 0 Å². The number of aromatic nitrogens is 2. The van der Waals surface area contributed by atoms with Crippen LogP contribution in [0.2, 0.25) is 5.02 Å². The molecule has 0 radical (unpaired) electrons. The van der Waals surface area contributed by atoms with Crippen LogP contribution < -0.4 is 10.1 Å². The molecule has 1 aromatic heterocycles. The predicted molar refractivity (Wildman–Crippen MR) is 107 cm³/mol. The Morgan fingerprint density at radius 2 is 2.04 bits per heavy atom. The molecule has 3 rings (SSSR count). The number of nitrogens with one attached hydrogen (secondary N) is 1. The van der Waals surface area contributed by atoms with Crippen molar-refractivity contribution in [2.24, 2.45) is 0 Å². The summed E-state index contributed by atoms with van der Waals surface area (Å²) in [5.74, 6) is 1.15. The third-order valence-electron chi connectivity index (χ3n) is 4.27. The highest BCUT2D eigenvalue weighted by Gasteiger charge is 2.20. The molecule has 0 aliphatic rings. The Hall–Kier alpha value is -2.86. The zero-order chi connectivity index (χ0) is 20.1. The summed E-state index contributed by atoms with van der Waals surface area (Å²) in [6.07, 6.45) is -0.0695. The van der Waals surface area contributed by atoms with Crippen LogP contribution in [-0.2, 0) is 11.3 Å². The van der Waals surface area contributed by atoms with E-state index in [2.05, 4.69) is 15.5 Å². The molecular weight excluding hydrogens is 378 g/mol. The molecule has 28 heavy (non-hydrogen) atoms. The van der Waals surface area contributed by atoms with E-state index in [4.69, 9.17) is 20.9 Å². The first-order valence-electron chi connectivity index (χ1n) is 9.07. The first-order chi connectivity index (χ1) is 13.5. The predicted octanol–water partition coefficient (Wildman–Crippen LogP) is 4.48. The average Bonchev–Trinajstić information content (AvgIpc) is 3.16. The highest BCUT2D eigenvalue weighted by Crippen LogP contribution is 2.25. The lowest BCUT2D eigenvalue weighted by atomic mass is 10.1. The molecule has 1 N–H and O–H groups in total. The van der Waals surface area contributed by atoms with Gasteiger partial charge in [-0.2, -0.15) is 4.98 Å². The maximum absolute atomic E-state index is 12.5. The van der Waals surface area contributed by atoms with Gasteiger partial charge in [0, 0.05) is 5.56 Å². The quantitative estimate of drug-likeness (QED) is 0.633. The number of hydrogen-bond acceptors (Lipinski definition) is 5. The van der Waals surface area contributed by atoms with Gasteiger partial charge in [-0.3, -0.25) is 4.79 Å². The molecule has 1 heterocycles. The van der Waals surface area contributed by atoms with Crippen LogP contribution in [0.5, 0.6) is 5.75 Å². The van der Waals surface area contributed by atoms with E-state index in [0.29, 0.717) is 34.5 Å². The molecule has 0 aliphatic heterocycles. The molecule has 1 unspecified atom stereocenters. The maximum Gasteiger partial charge on any atom is 0.261 e.